The number of piperidine rings is 1. The van der Waals surface area contributed by atoms with E-state index in [1.165, 1.54) is 51.6 Å². The van der Waals surface area contributed by atoms with Crippen molar-refractivity contribution in [2.24, 2.45) is 0 Å². The number of nitrogens with zero attached hydrogens (tertiary/aromatic N) is 2. The molecule has 2 nitrogen and oxygen atoms in total. The number of likely N-dealkylation sites (tertiary alicyclic amines) is 1. The third-order valence-corrected chi connectivity index (χ3v) is 4.25. The summed E-state index contributed by atoms with van der Waals surface area (Å²) in [6, 6.07) is 1.72. The fraction of sp³-hybridized carbons (Fsp3) is 0.923. The van der Waals surface area contributed by atoms with Gasteiger partial charge in [-0.25, -0.2) is 0 Å². The summed E-state index contributed by atoms with van der Waals surface area (Å²) in [5.41, 5.74) is 0. The summed E-state index contributed by atoms with van der Waals surface area (Å²) in [5, 5.41) is 0. The second-order valence-corrected chi connectivity index (χ2v) is 5.30. The van der Waals surface area contributed by atoms with Crippen LogP contribution in [-0.2, 0) is 0 Å². The molecule has 0 spiro atoms. The Labute approximate surface area is 144 Å². The van der Waals surface area contributed by atoms with Crippen molar-refractivity contribution in [3.63, 3.8) is 0 Å². The van der Waals surface area contributed by atoms with Crippen molar-refractivity contribution in [1.82, 2.24) is 9.80 Å². The molecule has 2 fully saturated rings. The molecule has 88 valence electrons. The van der Waals surface area contributed by atoms with Crippen LogP contribution in [0, 0.1) is 6.42 Å². The Hall–Kier alpha value is 1.56. The van der Waals surface area contributed by atoms with Gasteiger partial charge in [-0.2, -0.15) is 12.8 Å². The van der Waals surface area contributed by atoms with Crippen LogP contribution in [0.5, 0.6) is 0 Å². The Morgan fingerprint density at radius 2 is 1.50 bits per heavy atom. The van der Waals surface area contributed by atoms with Crippen molar-refractivity contribution in [3.05, 3.63) is 6.42 Å². The summed E-state index contributed by atoms with van der Waals surface area (Å²) in [4.78, 5) is 5.14. The normalized spacial score (nSPS) is 25.7. The standard InChI is InChI=1S/C13H25N2.K/c1-14-10-8-13(9-11-14)15(2)12-6-4-3-5-7-12;/h3,12-13H,4-11H2,1-2H3;/q-1;+1. The van der Waals surface area contributed by atoms with Crippen LogP contribution in [0.4, 0.5) is 0 Å². The van der Waals surface area contributed by atoms with E-state index < -0.39 is 0 Å². The zero-order chi connectivity index (χ0) is 10.7. The Kier molecular flexibility index (Phi) is 7.68. The van der Waals surface area contributed by atoms with Gasteiger partial charge in [0.05, 0.1) is 0 Å². The third-order valence-electron chi connectivity index (χ3n) is 4.25. The Morgan fingerprint density at radius 1 is 1.00 bits per heavy atom. The first-order valence-corrected chi connectivity index (χ1v) is 6.49. The average molecular weight is 248 g/mol. The average Bonchev–Trinajstić information content (AvgIpc) is 2.30. The molecule has 0 aromatic carbocycles. The zero-order valence-corrected chi connectivity index (χ0v) is 14.4. The van der Waals surface area contributed by atoms with Crippen LogP contribution in [0.25, 0.3) is 0 Å². The molecule has 2 aliphatic rings. The maximum absolute atomic E-state index is 2.68. The quantitative estimate of drug-likeness (QED) is 0.465. The second kappa shape index (κ2) is 7.87. The van der Waals surface area contributed by atoms with Gasteiger partial charge in [0.1, 0.15) is 0 Å². The van der Waals surface area contributed by atoms with Gasteiger partial charge in [0.15, 0.2) is 0 Å². The van der Waals surface area contributed by atoms with Crippen LogP contribution in [0.15, 0.2) is 0 Å². The molecule has 0 bridgehead atoms. The van der Waals surface area contributed by atoms with Gasteiger partial charge in [-0.05, 0) is 40.0 Å². The van der Waals surface area contributed by atoms with E-state index in [0.717, 1.165) is 12.1 Å². The SMILES string of the molecule is CN1CCC(N(C)C2CC[CH-]CC2)CC1.[K+]. The maximum Gasteiger partial charge on any atom is 1.00 e. The maximum atomic E-state index is 2.68. The summed E-state index contributed by atoms with van der Waals surface area (Å²) < 4.78 is 0. The zero-order valence-electron chi connectivity index (χ0n) is 11.3. The Balaban J connectivity index is 0.00000128. The van der Waals surface area contributed by atoms with E-state index in [1.807, 2.05) is 0 Å². The summed E-state index contributed by atoms with van der Waals surface area (Å²) in [6.07, 6.45) is 10.6. The minimum Gasteiger partial charge on any atom is -0.328 e. The molecule has 2 rings (SSSR count). The molecule has 1 saturated heterocycles. The molecule has 0 atom stereocenters. The van der Waals surface area contributed by atoms with Gasteiger partial charge in [-0.1, -0.05) is 12.8 Å². The van der Waals surface area contributed by atoms with Crippen LogP contribution in [0.1, 0.15) is 38.5 Å². The van der Waals surface area contributed by atoms with E-state index in [9.17, 15) is 0 Å². The minimum atomic E-state index is 0. The van der Waals surface area contributed by atoms with E-state index in [0.29, 0.717) is 0 Å². The van der Waals surface area contributed by atoms with Crippen molar-refractivity contribution in [1.29, 1.82) is 0 Å². The molecular weight excluding hydrogens is 223 g/mol. The molecule has 1 aliphatic carbocycles. The first-order valence-electron chi connectivity index (χ1n) is 6.49. The fourth-order valence-corrected chi connectivity index (χ4v) is 3.02. The first-order chi connectivity index (χ1) is 7.27. The van der Waals surface area contributed by atoms with Crippen molar-refractivity contribution in [2.75, 3.05) is 27.2 Å². The van der Waals surface area contributed by atoms with E-state index in [2.05, 4.69) is 30.3 Å². The molecule has 16 heavy (non-hydrogen) atoms. The van der Waals surface area contributed by atoms with E-state index in [4.69, 9.17) is 0 Å². The monoisotopic (exact) mass is 248 g/mol. The molecule has 0 aromatic heterocycles. The van der Waals surface area contributed by atoms with Gasteiger partial charge in [-0.15, -0.1) is 0 Å². The number of rotatable bonds is 2. The minimum absolute atomic E-state index is 0. The molecule has 1 saturated carbocycles. The Bertz CT molecular complexity index is 184. The predicted octanol–water partition coefficient (Wildman–Crippen LogP) is -0.837. The number of hydrogen-bond acceptors (Lipinski definition) is 2. The van der Waals surface area contributed by atoms with Gasteiger partial charge in [-0.3, -0.25) is 0 Å². The number of hydrogen-bond donors (Lipinski definition) is 0. The molecule has 1 heterocycles. The first kappa shape index (κ1) is 15.6. The molecular formula is C13H25KN2. The van der Waals surface area contributed by atoms with Crippen LogP contribution in [-0.4, -0.2) is 49.1 Å². The molecule has 0 radical (unpaired) electrons. The van der Waals surface area contributed by atoms with Crippen molar-refractivity contribution < 1.29 is 51.4 Å². The van der Waals surface area contributed by atoms with Crippen LogP contribution in [0.2, 0.25) is 0 Å². The van der Waals surface area contributed by atoms with E-state index in [-0.39, 0.29) is 51.4 Å². The molecule has 0 amide bonds. The van der Waals surface area contributed by atoms with Gasteiger partial charge < -0.3 is 16.2 Å². The van der Waals surface area contributed by atoms with E-state index in [1.54, 1.807) is 0 Å². The van der Waals surface area contributed by atoms with Gasteiger partial charge in [0.2, 0.25) is 0 Å². The van der Waals surface area contributed by atoms with Gasteiger partial charge in [0, 0.05) is 12.1 Å². The van der Waals surface area contributed by atoms with Crippen molar-refractivity contribution in [2.45, 2.75) is 50.6 Å². The molecule has 0 unspecified atom stereocenters. The summed E-state index contributed by atoms with van der Waals surface area (Å²) in [5.74, 6) is 0. The molecule has 3 heteroatoms. The topological polar surface area (TPSA) is 6.48 Å². The third kappa shape index (κ3) is 4.34. The fourth-order valence-electron chi connectivity index (χ4n) is 3.02. The van der Waals surface area contributed by atoms with Crippen LogP contribution in [0.3, 0.4) is 0 Å². The van der Waals surface area contributed by atoms with Gasteiger partial charge in [0.25, 0.3) is 0 Å². The summed E-state index contributed by atoms with van der Waals surface area (Å²) in [6.45, 7) is 2.57. The smallest absolute Gasteiger partial charge is 0.328 e. The second-order valence-electron chi connectivity index (χ2n) is 5.30. The van der Waals surface area contributed by atoms with Crippen LogP contribution >= 0.6 is 0 Å². The molecule has 0 N–H and O–H groups in total. The van der Waals surface area contributed by atoms with E-state index >= 15 is 0 Å². The largest absolute Gasteiger partial charge is 1.00 e. The van der Waals surface area contributed by atoms with Gasteiger partial charge >= 0.3 is 51.4 Å². The molecule has 0 aromatic rings. The van der Waals surface area contributed by atoms with Crippen LogP contribution < -0.4 is 51.4 Å². The predicted molar refractivity (Wildman–Crippen MR) is 64.8 cm³/mol. The summed E-state index contributed by atoms with van der Waals surface area (Å²) >= 11 is 0. The Morgan fingerprint density at radius 3 is 2.06 bits per heavy atom. The van der Waals surface area contributed by atoms with Crippen molar-refractivity contribution in [3.8, 4) is 0 Å². The molecule has 1 aliphatic heterocycles. The summed E-state index contributed by atoms with van der Waals surface area (Å²) in [7, 11) is 4.60. The van der Waals surface area contributed by atoms with Crippen molar-refractivity contribution >= 4 is 0 Å².